The number of aliphatic carboxylic acids is 1. The molecule has 0 saturated heterocycles. The van der Waals surface area contributed by atoms with Crippen molar-refractivity contribution < 1.29 is 24.1 Å². The summed E-state index contributed by atoms with van der Waals surface area (Å²) in [5, 5.41) is 17.0. The number of carboxylic acids is 1. The number of halogens is 1. The zero-order valence-electron chi connectivity index (χ0n) is 5.10. The zero-order valence-corrected chi connectivity index (χ0v) is 8.15. The highest BCUT2D eigenvalue weighted by molar-refractivity contribution is 14.1. The molecule has 2 atom stereocenters. The molecule has 0 aromatic heterocycles. The van der Waals surface area contributed by atoms with Crippen LogP contribution in [0.3, 0.4) is 0 Å². The quantitative estimate of drug-likeness (QED) is 0.379. The highest BCUT2D eigenvalue weighted by Crippen LogP contribution is 2.15. The van der Waals surface area contributed by atoms with Gasteiger partial charge in [-0.15, -0.1) is 0 Å². The van der Waals surface area contributed by atoms with E-state index in [1.54, 1.807) is 0 Å². The number of hydrogen-bond acceptors (Lipinski definition) is 5. The molecule has 0 aliphatic rings. The van der Waals surface area contributed by atoms with Crippen molar-refractivity contribution in [2.75, 3.05) is 0 Å². The van der Waals surface area contributed by atoms with Gasteiger partial charge in [-0.05, 0) is 0 Å². The lowest BCUT2D eigenvalue weighted by Gasteiger charge is -2.09. The Labute approximate surface area is 76.3 Å². The summed E-state index contributed by atoms with van der Waals surface area (Å²) in [6.45, 7) is 0. The van der Waals surface area contributed by atoms with E-state index in [0.29, 0.717) is 0 Å². The van der Waals surface area contributed by atoms with Crippen LogP contribution in [-0.2, 0) is 13.9 Å². The molecule has 0 rings (SSSR count). The summed E-state index contributed by atoms with van der Waals surface area (Å²) in [6.07, 6.45) is 0. The molecule has 0 aliphatic heterocycles. The maximum atomic E-state index is 10.2. The minimum Gasteiger partial charge on any atom is -0.480 e. The van der Waals surface area contributed by atoms with Crippen LogP contribution in [0.1, 0.15) is 0 Å². The smallest absolute Gasteiger partial charge is 0.347 e. The van der Waals surface area contributed by atoms with Crippen LogP contribution in [0.5, 0.6) is 0 Å². The number of aliphatic hydroxyl groups excluding tert-OH is 1. The van der Waals surface area contributed by atoms with Crippen molar-refractivity contribution in [3.8, 4) is 0 Å². The summed E-state index contributed by atoms with van der Waals surface area (Å²) >= 11 is 1.46. The molecule has 0 bridgehead atoms. The maximum absolute atomic E-state index is 10.2. The Morgan fingerprint density at radius 1 is 1.55 bits per heavy atom. The highest BCUT2D eigenvalue weighted by Gasteiger charge is 2.29. The molecule has 64 valence electrons. The van der Waals surface area contributed by atoms with E-state index in [-0.39, 0.29) is 0 Å². The minimum atomic E-state index is -3.13. The number of nitrogens with one attached hydrogen (secondary N) is 1. The van der Waals surface area contributed by atoms with Gasteiger partial charge in [0.05, 0.1) is 0 Å². The van der Waals surface area contributed by atoms with Crippen molar-refractivity contribution in [2.24, 2.45) is 0 Å². The first-order chi connectivity index (χ1) is 5.00. The van der Waals surface area contributed by atoms with Crippen molar-refractivity contribution in [2.45, 2.75) is 11.9 Å². The molecule has 11 heavy (non-hydrogen) atoms. The van der Waals surface area contributed by atoms with Crippen LogP contribution in [0.2, 0.25) is 0 Å². The molecule has 6 nitrogen and oxygen atoms in total. The molecular weight excluding hydrogens is 288 g/mol. The third kappa shape index (κ3) is 3.28. The van der Waals surface area contributed by atoms with Crippen LogP contribution in [0, 0.1) is 0 Å². The predicted molar refractivity (Wildman–Crippen MR) is 42.9 cm³/mol. The molecule has 0 heterocycles. The van der Waals surface area contributed by atoms with E-state index in [1.165, 1.54) is 22.9 Å². The van der Waals surface area contributed by atoms with Gasteiger partial charge in [-0.25, -0.2) is 12.7 Å². The molecule has 0 aromatic rings. The van der Waals surface area contributed by atoms with Crippen LogP contribution in [0.15, 0.2) is 0 Å². The highest BCUT2D eigenvalue weighted by atomic mass is 127. The van der Waals surface area contributed by atoms with Crippen LogP contribution < -0.4 is 3.53 Å². The average Bonchev–Trinajstić information content (AvgIpc) is 1.88. The molecule has 0 fully saturated rings. The van der Waals surface area contributed by atoms with Gasteiger partial charge in [-0.2, -0.15) is 0 Å². The summed E-state index contributed by atoms with van der Waals surface area (Å²) in [5.74, 6) is -3.30. The fourth-order valence-corrected chi connectivity index (χ4v) is 1.69. The summed E-state index contributed by atoms with van der Waals surface area (Å²) < 4.78 is 22.3. The Balaban J connectivity index is 4.38. The Morgan fingerprint density at radius 2 is 2.00 bits per heavy atom. The van der Waals surface area contributed by atoms with Gasteiger partial charge in [0, 0.05) is 22.9 Å². The molecule has 0 spiro atoms. The SMILES string of the molecule is O=C(O)C(NI)C(O)P(=O)=O. The maximum Gasteiger partial charge on any atom is 0.347 e. The van der Waals surface area contributed by atoms with Gasteiger partial charge in [-0.1, -0.05) is 0 Å². The topological polar surface area (TPSA) is 104 Å². The molecule has 0 saturated carbocycles. The van der Waals surface area contributed by atoms with E-state index in [2.05, 4.69) is 3.53 Å². The van der Waals surface area contributed by atoms with E-state index >= 15 is 0 Å². The lowest BCUT2D eigenvalue weighted by Crippen LogP contribution is -2.39. The monoisotopic (exact) mass is 293 g/mol. The first kappa shape index (κ1) is 11.0. The molecule has 0 amide bonds. The molecule has 8 heteroatoms. The van der Waals surface area contributed by atoms with Crippen LogP contribution in [-0.4, -0.2) is 28.1 Å². The third-order valence-electron chi connectivity index (χ3n) is 0.898. The predicted octanol–water partition coefficient (Wildman–Crippen LogP) is -0.129. The number of hydrogen-bond donors (Lipinski definition) is 3. The van der Waals surface area contributed by atoms with Crippen molar-refractivity contribution in [3.05, 3.63) is 0 Å². The van der Waals surface area contributed by atoms with E-state index in [0.717, 1.165) is 0 Å². The van der Waals surface area contributed by atoms with Crippen molar-refractivity contribution >= 4 is 36.5 Å². The second-order valence-electron chi connectivity index (χ2n) is 1.62. The second kappa shape index (κ2) is 4.81. The van der Waals surface area contributed by atoms with Gasteiger partial charge in [0.15, 0.2) is 11.9 Å². The molecule has 0 aromatic carbocycles. The standard InChI is InChI=1S/C3H5INO5P/c4-5-1(2(6)7)3(8)11(9)10/h1,3,5,8H,(H,6,7). The minimum absolute atomic E-state index is 1.41. The fraction of sp³-hybridized carbons (Fsp3) is 0.667. The van der Waals surface area contributed by atoms with Gasteiger partial charge in [-0.3, -0.25) is 4.79 Å². The summed E-state index contributed by atoms with van der Waals surface area (Å²) in [4.78, 5) is 10.2. The first-order valence-electron chi connectivity index (χ1n) is 2.41. The van der Waals surface area contributed by atoms with E-state index in [1.807, 2.05) is 0 Å². The zero-order chi connectivity index (χ0) is 9.02. The number of carboxylic acid groups (broad SMARTS) is 1. The molecule has 2 unspecified atom stereocenters. The normalized spacial score (nSPS) is 15.5. The number of carbonyl (C=O) groups is 1. The molecule has 0 radical (unpaired) electrons. The lowest BCUT2D eigenvalue weighted by molar-refractivity contribution is -0.140. The Morgan fingerprint density at radius 3 is 2.09 bits per heavy atom. The molecule has 3 N–H and O–H groups in total. The Hall–Kier alpha value is 0.0200. The van der Waals surface area contributed by atoms with Gasteiger partial charge >= 0.3 is 13.6 Å². The fourth-order valence-electron chi connectivity index (χ4n) is 0.352. The summed E-state index contributed by atoms with van der Waals surface area (Å²) in [7, 11) is -3.13. The van der Waals surface area contributed by atoms with E-state index in [4.69, 9.17) is 10.2 Å². The van der Waals surface area contributed by atoms with Crippen molar-refractivity contribution in [3.63, 3.8) is 0 Å². The van der Waals surface area contributed by atoms with Gasteiger partial charge in [0.25, 0.3) is 0 Å². The largest absolute Gasteiger partial charge is 0.480 e. The van der Waals surface area contributed by atoms with Crippen LogP contribution >= 0.6 is 30.5 Å². The average molecular weight is 293 g/mol. The lowest BCUT2D eigenvalue weighted by atomic mass is 10.3. The Kier molecular flexibility index (Phi) is 4.82. The van der Waals surface area contributed by atoms with E-state index in [9.17, 15) is 13.9 Å². The van der Waals surface area contributed by atoms with Crippen LogP contribution in [0.25, 0.3) is 0 Å². The summed E-state index contributed by atoms with van der Waals surface area (Å²) in [5.41, 5.74) is 0. The van der Waals surface area contributed by atoms with E-state index < -0.39 is 25.5 Å². The molecule has 0 aliphatic carbocycles. The first-order valence-corrected chi connectivity index (χ1v) is 4.73. The number of aliphatic hydroxyl groups is 1. The van der Waals surface area contributed by atoms with Crippen molar-refractivity contribution in [1.29, 1.82) is 0 Å². The third-order valence-corrected chi connectivity index (χ3v) is 2.30. The second-order valence-corrected chi connectivity index (χ2v) is 3.35. The van der Waals surface area contributed by atoms with Gasteiger partial charge in [0.1, 0.15) is 0 Å². The Bertz CT molecular complexity index is 208. The summed E-state index contributed by atoms with van der Waals surface area (Å²) in [6, 6.07) is -1.48. The van der Waals surface area contributed by atoms with Crippen LogP contribution in [0.4, 0.5) is 0 Å². The number of rotatable bonds is 4. The molecular formula is C3H5INO5P. The van der Waals surface area contributed by atoms with Gasteiger partial charge < -0.3 is 10.2 Å². The van der Waals surface area contributed by atoms with Gasteiger partial charge in [0.2, 0.25) is 0 Å². The van der Waals surface area contributed by atoms with Crippen molar-refractivity contribution in [1.82, 2.24) is 3.53 Å².